The van der Waals surface area contributed by atoms with Gasteiger partial charge in [0.1, 0.15) is 0 Å². The van der Waals surface area contributed by atoms with Gasteiger partial charge in [-0.05, 0) is 13.5 Å². The third-order valence-electron chi connectivity index (χ3n) is 2.05. The largest absolute Gasteiger partial charge is 0.468 e. The molecule has 0 atom stereocenters. The minimum atomic E-state index is -0.0720. The van der Waals surface area contributed by atoms with Gasteiger partial charge < -0.3 is 10.1 Å². The number of ether oxygens (including phenoxy) is 1. The molecule has 0 saturated carbocycles. The van der Waals surface area contributed by atoms with Gasteiger partial charge in [0.15, 0.2) is 0 Å². The molecule has 0 aliphatic heterocycles. The molecule has 0 bridgehead atoms. The summed E-state index contributed by atoms with van der Waals surface area (Å²) < 4.78 is 6.59. The van der Waals surface area contributed by atoms with Gasteiger partial charge in [0, 0.05) is 24.8 Å². The van der Waals surface area contributed by atoms with E-state index in [1.807, 2.05) is 6.92 Å². The molecule has 0 fully saturated rings. The van der Waals surface area contributed by atoms with Crippen LogP contribution in [0.25, 0.3) is 0 Å². The predicted octanol–water partition coefficient (Wildman–Crippen LogP) is 0.170. The van der Waals surface area contributed by atoms with Gasteiger partial charge in [-0.1, -0.05) is 6.92 Å². The summed E-state index contributed by atoms with van der Waals surface area (Å²) in [5, 5.41) is 3.15. The van der Waals surface area contributed by atoms with Gasteiger partial charge in [-0.25, -0.2) is 4.98 Å². The molecule has 0 amide bonds. The first-order valence-corrected chi connectivity index (χ1v) is 5.02. The van der Waals surface area contributed by atoms with Crippen LogP contribution >= 0.6 is 0 Å². The van der Waals surface area contributed by atoms with Crippen LogP contribution in [-0.4, -0.2) is 29.8 Å². The summed E-state index contributed by atoms with van der Waals surface area (Å²) in [6.07, 6.45) is 0. The zero-order chi connectivity index (χ0) is 11.3. The Balaban J connectivity index is 2.89. The number of aryl methyl sites for hydroxylation is 1. The number of rotatable bonds is 5. The second-order valence-electron chi connectivity index (χ2n) is 3.23. The van der Waals surface area contributed by atoms with Crippen LogP contribution in [0.3, 0.4) is 0 Å². The van der Waals surface area contributed by atoms with Crippen LogP contribution in [0.1, 0.15) is 12.6 Å². The highest BCUT2D eigenvalue weighted by molar-refractivity contribution is 5.06. The van der Waals surface area contributed by atoms with E-state index in [4.69, 9.17) is 4.74 Å². The highest BCUT2D eigenvalue weighted by atomic mass is 16.5. The van der Waals surface area contributed by atoms with E-state index in [1.165, 1.54) is 17.7 Å². The van der Waals surface area contributed by atoms with E-state index in [-0.39, 0.29) is 5.56 Å². The Kier molecular flexibility index (Phi) is 4.30. The highest BCUT2D eigenvalue weighted by Gasteiger charge is 2.05. The molecular formula is C10H17N3O2. The van der Waals surface area contributed by atoms with Crippen LogP contribution in [0, 0.1) is 6.92 Å². The molecule has 84 valence electrons. The third-order valence-corrected chi connectivity index (χ3v) is 2.05. The number of nitrogens with zero attached hydrogens (tertiary/aromatic N) is 2. The molecule has 1 N–H and O–H groups in total. The van der Waals surface area contributed by atoms with E-state index in [0.717, 1.165) is 13.1 Å². The molecule has 0 unspecified atom stereocenters. The Labute approximate surface area is 89.1 Å². The lowest BCUT2D eigenvalue weighted by Crippen LogP contribution is -2.28. The van der Waals surface area contributed by atoms with E-state index in [0.29, 0.717) is 18.2 Å². The van der Waals surface area contributed by atoms with E-state index in [2.05, 4.69) is 10.3 Å². The summed E-state index contributed by atoms with van der Waals surface area (Å²) in [5.74, 6) is 0. The highest BCUT2D eigenvalue weighted by Crippen LogP contribution is 2.03. The van der Waals surface area contributed by atoms with Crippen molar-refractivity contribution in [1.82, 2.24) is 14.9 Å². The molecule has 1 heterocycles. The fourth-order valence-corrected chi connectivity index (χ4v) is 1.32. The zero-order valence-electron chi connectivity index (χ0n) is 9.41. The minimum absolute atomic E-state index is 0.0720. The second kappa shape index (κ2) is 5.50. The second-order valence-corrected chi connectivity index (χ2v) is 3.23. The smallest absolute Gasteiger partial charge is 0.299 e. The number of aromatic nitrogens is 2. The Morgan fingerprint density at radius 1 is 1.60 bits per heavy atom. The van der Waals surface area contributed by atoms with E-state index < -0.39 is 0 Å². The molecule has 15 heavy (non-hydrogen) atoms. The Hall–Kier alpha value is -1.36. The maximum Gasteiger partial charge on any atom is 0.299 e. The monoisotopic (exact) mass is 211 g/mol. The van der Waals surface area contributed by atoms with Crippen LogP contribution in [0.5, 0.6) is 6.01 Å². The van der Waals surface area contributed by atoms with Crippen molar-refractivity contribution < 1.29 is 4.74 Å². The summed E-state index contributed by atoms with van der Waals surface area (Å²) >= 11 is 0. The Morgan fingerprint density at radius 2 is 2.33 bits per heavy atom. The van der Waals surface area contributed by atoms with Crippen molar-refractivity contribution in [2.75, 3.05) is 20.2 Å². The standard InChI is InChI=1S/C10H17N3O2/c1-4-11-5-6-13-9(14)7-8(2)12-10(13)15-3/h7,11H,4-6H2,1-3H3. The van der Waals surface area contributed by atoms with Crippen molar-refractivity contribution in [2.45, 2.75) is 20.4 Å². The van der Waals surface area contributed by atoms with Crippen LogP contribution in [0.15, 0.2) is 10.9 Å². The summed E-state index contributed by atoms with van der Waals surface area (Å²) in [4.78, 5) is 15.8. The average Bonchev–Trinajstić information content (AvgIpc) is 2.20. The number of nitrogens with one attached hydrogen (secondary N) is 1. The van der Waals surface area contributed by atoms with Crippen LogP contribution < -0.4 is 15.6 Å². The van der Waals surface area contributed by atoms with Gasteiger partial charge in [-0.3, -0.25) is 9.36 Å². The van der Waals surface area contributed by atoms with Crippen molar-refractivity contribution in [3.05, 3.63) is 22.1 Å². The van der Waals surface area contributed by atoms with E-state index in [1.54, 1.807) is 6.92 Å². The van der Waals surface area contributed by atoms with Crippen molar-refractivity contribution in [2.24, 2.45) is 0 Å². The molecule has 0 radical (unpaired) electrons. The van der Waals surface area contributed by atoms with Crippen LogP contribution in [-0.2, 0) is 6.54 Å². The average molecular weight is 211 g/mol. The van der Waals surface area contributed by atoms with Gasteiger partial charge >= 0.3 is 0 Å². The lowest BCUT2D eigenvalue weighted by atomic mass is 10.4. The Bertz CT molecular complexity index is 373. The first kappa shape index (κ1) is 11.7. The molecule has 0 aliphatic rings. The lowest BCUT2D eigenvalue weighted by Gasteiger charge is -2.10. The predicted molar refractivity (Wildman–Crippen MR) is 58.3 cm³/mol. The minimum Gasteiger partial charge on any atom is -0.468 e. The summed E-state index contributed by atoms with van der Waals surface area (Å²) in [5.41, 5.74) is 0.605. The van der Waals surface area contributed by atoms with Gasteiger partial charge in [-0.15, -0.1) is 0 Å². The fourth-order valence-electron chi connectivity index (χ4n) is 1.32. The first-order chi connectivity index (χ1) is 7.19. The topological polar surface area (TPSA) is 56.1 Å². The molecule has 1 aromatic rings. The first-order valence-electron chi connectivity index (χ1n) is 5.02. The third kappa shape index (κ3) is 3.06. The summed E-state index contributed by atoms with van der Waals surface area (Å²) in [6.45, 7) is 5.99. The molecule has 0 aliphatic carbocycles. The van der Waals surface area contributed by atoms with Crippen LogP contribution in [0.2, 0.25) is 0 Å². The van der Waals surface area contributed by atoms with E-state index in [9.17, 15) is 4.79 Å². The lowest BCUT2D eigenvalue weighted by molar-refractivity contribution is 0.343. The number of methoxy groups -OCH3 is 1. The van der Waals surface area contributed by atoms with Crippen molar-refractivity contribution >= 4 is 0 Å². The molecule has 5 nitrogen and oxygen atoms in total. The van der Waals surface area contributed by atoms with Gasteiger partial charge in [0.05, 0.1) is 7.11 Å². The molecule has 1 aromatic heterocycles. The number of hydrogen-bond donors (Lipinski definition) is 1. The van der Waals surface area contributed by atoms with Crippen LogP contribution in [0.4, 0.5) is 0 Å². The van der Waals surface area contributed by atoms with E-state index >= 15 is 0 Å². The molecule has 0 spiro atoms. The summed E-state index contributed by atoms with van der Waals surface area (Å²) in [7, 11) is 1.52. The molecule has 0 saturated heterocycles. The summed E-state index contributed by atoms with van der Waals surface area (Å²) in [6, 6.07) is 1.88. The maximum atomic E-state index is 11.6. The number of hydrogen-bond acceptors (Lipinski definition) is 4. The molecular weight excluding hydrogens is 194 g/mol. The van der Waals surface area contributed by atoms with Gasteiger partial charge in [0.25, 0.3) is 11.6 Å². The maximum absolute atomic E-state index is 11.6. The number of likely N-dealkylation sites (N-methyl/N-ethyl adjacent to an activating group) is 1. The van der Waals surface area contributed by atoms with Gasteiger partial charge in [-0.2, -0.15) is 0 Å². The zero-order valence-corrected chi connectivity index (χ0v) is 9.41. The quantitative estimate of drug-likeness (QED) is 0.705. The fraction of sp³-hybridized carbons (Fsp3) is 0.600. The van der Waals surface area contributed by atoms with Crippen molar-refractivity contribution in [3.63, 3.8) is 0 Å². The normalized spacial score (nSPS) is 10.3. The van der Waals surface area contributed by atoms with Gasteiger partial charge in [0.2, 0.25) is 0 Å². The SMILES string of the molecule is CCNCCn1c(OC)nc(C)cc1=O. The molecule has 5 heteroatoms. The molecule has 1 rings (SSSR count). The Morgan fingerprint density at radius 3 is 2.93 bits per heavy atom. The van der Waals surface area contributed by atoms with Crippen molar-refractivity contribution in [1.29, 1.82) is 0 Å². The molecule has 0 aromatic carbocycles. The van der Waals surface area contributed by atoms with Crippen molar-refractivity contribution in [3.8, 4) is 6.01 Å².